The van der Waals surface area contributed by atoms with E-state index in [2.05, 4.69) is 15.5 Å². The molecule has 0 aliphatic heterocycles. The maximum absolute atomic E-state index is 13.4. The highest BCUT2D eigenvalue weighted by Gasteiger charge is 2.23. The van der Waals surface area contributed by atoms with Gasteiger partial charge >= 0.3 is 0 Å². The molecule has 6 nitrogen and oxygen atoms in total. The summed E-state index contributed by atoms with van der Waals surface area (Å²) in [5.41, 5.74) is 2.43. The van der Waals surface area contributed by atoms with Crippen molar-refractivity contribution < 1.29 is 9.53 Å². The predicted molar refractivity (Wildman–Crippen MR) is 121 cm³/mol. The van der Waals surface area contributed by atoms with E-state index < -0.39 is 11.5 Å². The number of aromatic amines is 1. The fourth-order valence-corrected chi connectivity index (χ4v) is 3.39. The summed E-state index contributed by atoms with van der Waals surface area (Å²) in [7, 11) is 0. The van der Waals surface area contributed by atoms with E-state index in [1.165, 1.54) is 0 Å². The fraction of sp³-hybridized carbons (Fsp3) is 0.0800. The highest BCUT2D eigenvalue weighted by molar-refractivity contribution is 6.10. The minimum atomic E-state index is -0.565. The minimum absolute atomic E-state index is 0.00801. The van der Waals surface area contributed by atoms with Crippen molar-refractivity contribution in [1.29, 1.82) is 0 Å². The summed E-state index contributed by atoms with van der Waals surface area (Å²) >= 11 is 0. The standard InChI is InChI=1S/C25H21N3O3/c1-2-31-20-16-10-9-15-19(20)26-24(29)22-21(17-11-5-3-6-12-17)23(27-28-25(22)30)18-13-7-4-8-14-18/h3-16H,2H2,1H3,(H,26,29)(H,28,30). The Morgan fingerprint density at radius 2 is 1.52 bits per heavy atom. The summed E-state index contributed by atoms with van der Waals surface area (Å²) in [6.45, 7) is 2.32. The second-order valence-corrected chi connectivity index (χ2v) is 6.77. The van der Waals surface area contributed by atoms with Gasteiger partial charge in [0.05, 0.1) is 18.0 Å². The number of rotatable bonds is 6. The first-order valence-electron chi connectivity index (χ1n) is 9.95. The van der Waals surface area contributed by atoms with Crippen molar-refractivity contribution in [2.24, 2.45) is 0 Å². The first kappa shape index (κ1) is 20.1. The first-order valence-corrected chi connectivity index (χ1v) is 9.95. The summed E-state index contributed by atoms with van der Waals surface area (Å²) in [4.78, 5) is 26.2. The molecule has 3 aromatic carbocycles. The minimum Gasteiger partial charge on any atom is -0.492 e. The lowest BCUT2D eigenvalue weighted by Crippen LogP contribution is -2.26. The van der Waals surface area contributed by atoms with Gasteiger partial charge in [0.15, 0.2) is 0 Å². The van der Waals surface area contributed by atoms with Gasteiger partial charge in [0.1, 0.15) is 11.3 Å². The second-order valence-electron chi connectivity index (χ2n) is 6.77. The molecule has 0 saturated carbocycles. The average Bonchev–Trinajstić information content (AvgIpc) is 2.81. The number of nitrogens with zero attached hydrogens (tertiary/aromatic N) is 1. The van der Waals surface area contributed by atoms with Gasteiger partial charge in [0, 0.05) is 11.1 Å². The van der Waals surface area contributed by atoms with Crippen LogP contribution in [0.2, 0.25) is 0 Å². The number of nitrogens with one attached hydrogen (secondary N) is 2. The Kier molecular flexibility index (Phi) is 5.89. The molecular weight excluding hydrogens is 390 g/mol. The van der Waals surface area contributed by atoms with Crippen LogP contribution < -0.4 is 15.6 Å². The maximum atomic E-state index is 13.4. The molecule has 0 fully saturated rings. The Hall–Kier alpha value is -4.19. The number of hydrogen-bond acceptors (Lipinski definition) is 4. The smallest absolute Gasteiger partial charge is 0.277 e. The Morgan fingerprint density at radius 1 is 0.903 bits per heavy atom. The molecule has 0 atom stereocenters. The summed E-state index contributed by atoms with van der Waals surface area (Å²) in [6.07, 6.45) is 0. The lowest BCUT2D eigenvalue weighted by atomic mass is 9.95. The number of anilines is 1. The largest absolute Gasteiger partial charge is 0.492 e. The van der Waals surface area contributed by atoms with Crippen LogP contribution >= 0.6 is 0 Å². The second kappa shape index (κ2) is 9.09. The Morgan fingerprint density at radius 3 is 2.19 bits per heavy atom. The zero-order valence-corrected chi connectivity index (χ0v) is 17.0. The Balaban J connectivity index is 1.88. The molecule has 0 aliphatic carbocycles. The van der Waals surface area contributed by atoms with Crippen molar-refractivity contribution in [2.45, 2.75) is 6.92 Å². The van der Waals surface area contributed by atoms with Crippen molar-refractivity contribution in [1.82, 2.24) is 10.2 Å². The van der Waals surface area contributed by atoms with Gasteiger partial charge in [-0.3, -0.25) is 9.59 Å². The highest BCUT2D eigenvalue weighted by atomic mass is 16.5. The van der Waals surface area contributed by atoms with Crippen molar-refractivity contribution in [3.05, 3.63) is 101 Å². The lowest BCUT2D eigenvalue weighted by Gasteiger charge is -2.15. The molecule has 4 aromatic rings. The van der Waals surface area contributed by atoms with Crippen LogP contribution in [-0.2, 0) is 0 Å². The van der Waals surface area contributed by atoms with Gasteiger partial charge in [0.2, 0.25) is 0 Å². The molecule has 0 saturated heterocycles. The van der Waals surface area contributed by atoms with Crippen LogP contribution in [0.25, 0.3) is 22.4 Å². The normalized spacial score (nSPS) is 10.5. The Bertz CT molecular complexity index is 1250. The molecule has 0 unspecified atom stereocenters. The average molecular weight is 411 g/mol. The number of ether oxygens (including phenoxy) is 1. The van der Waals surface area contributed by atoms with E-state index in [1.807, 2.05) is 73.7 Å². The van der Waals surface area contributed by atoms with Gasteiger partial charge < -0.3 is 10.1 Å². The van der Waals surface area contributed by atoms with E-state index in [-0.39, 0.29) is 5.56 Å². The van der Waals surface area contributed by atoms with Crippen LogP contribution in [0, 0.1) is 0 Å². The molecule has 0 spiro atoms. The quantitative estimate of drug-likeness (QED) is 0.479. The van der Waals surface area contributed by atoms with Crippen molar-refractivity contribution >= 4 is 11.6 Å². The Labute approximate surface area is 179 Å². The van der Waals surface area contributed by atoms with Gasteiger partial charge in [-0.2, -0.15) is 5.10 Å². The van der Waals surface area contributed by atoms with E-state index in [4.69, 9.17) is 4.74 Å². The summed E-state index contributed by atoms with van der Waals surface area (Å²) in [6, 6.07) is 25.9. The van der Waals surface area contributed by atoms with Crippen molar-refractivity contribution in [2.75, 3.05) is 11.9 Å². The van der Waals surface area contributed by atoms with Crippen molar-refractivity contribution in [3.63, 3.8) is 0 Å². The van der Waals surface area contributed by atoms with E-state index in [0.717, 1.165) is 11.1 Å². The van der Waals surface area contributed by atoms with Gasteiger partial charge in [-0.05, 0) is 24.6 Å². The molecule has 6 heteroatoms. The van der Waals surface area contributed by atoms with Gasteiger partial charge in [-0.15, -0.1) is 0 Å². The number of benzene rings is 3. The SMILES string of the molecule is CCOc1ccccc1NC(=O)c1c(-c2ccccc2)c(-c2ccccc2)n[nH]c1=O. The summed E-state index contributed by atoms with van der Waals surface area (Å²) < 4.78 is 5.60. The molecule has 1 aromatic heterocycles. The summed E-state index contributed by atoms with van der Waals surface area (Å²) in [5.74, 6) is 0.000200. The van der Waals surface area contributed by atoms with Gasteiger partial charge in [-0.25, -0.2) is 5.10 Å². The zero-order chi connectivity index (χ0) is 21.6. The van der Waals surface area contributed by atoms with Crippen molar-refractivity contribution in [3.8, 4) is 28.1 Å². The van der Waals surface area contributed by atoms with Crippen LogP contribution in [0.4, 0.5) is 5.69 Å². The molecule has 0 radical (unpaired) electrons. The third kappa shape index (κ3) is 4.23. The molecule has 1 amide bonds. The molecule has 0 bridgehead atoms. The van der Waals surface area contributed by atoms with Crippen LogP contribution in [0.1, 0.15) is 17.3 Å². The van der Waals surface area contributed by atoms with Crippen LogP contribution in [0.15, 0.2) is 89.7 Å². The number of para-hydroxylation sites is 2. The molecule has 31 heavy (non-hydrogen) atoms. The topological polar surface area (TPSA) is 84.1 Å². The fourth-order valence-electron chi connectivity index (χ4n) is 3.39. The number of aromatic nitrogens is 2. The predicted octanol–water partition coefficient (Wildman–Crippen LogP) is 4.75. The zero-order valence-electron chi connectivity index (χ0n) is 17.0. The summed E-state index contributed by atoms with van der Waals surface area (Å²) in [5, 5.41) is 9.60. The van der Waals surface area contributed by atoms with Gasteiger partial charge in [-0.1, -0.05) is 72.8 Å². The number of carbonyl (C=O) groups is 1. The lowest BCUT2D eigenvalue weighted by molar-refractivity contribution is 0.102. The maximum Gasteiger partial charge on any atom is 0.277 e. The monoisotopic (exact) mass is 411 g/mol. The third-order valence-corrected chi connectivity index (χ3v) is 4.75. The molecule has 2 N–H and O–H groups in total. The number of H-pyrrole nitrogens is 1. The number of carbonyl (C=O) groups excluding carboxylic acids is 1. The molecule has 154 valence electrons. The van der Waals surface area contributed by atoms with E-state index in [1.54, 1.807) is 18.2 Å². The van der Waals surface area contributed by atoms with Gasteiger partial charge in [0.25, 0.3) is 11.5 Å². The molecule has 1 heterocycles. The third-order valence-electron chi connectivity index (χ3n) is 4.75. The van der Waals surface area contributed by atoms with E-state index in [0.29, 0.717) is 29.3 Å². The number of amides is 1. The van der Waals surface area contributed by atoms with E-state index >= 15 is 0 Å². The molecule has 0 aliphatic rings. The number of hydrogen-bond donors (Lipinski definition) is 2. The van der Waals surface area contributed by atoms with E-state index in [9.17, 15) is 9.59 Å². The van der Waals surface area contributed by atoms with Crippen LogP contribution in [0.3, 0.4) is 0 Å². The highest BCUT2D eigenvalue weighted by Crippen LogP contribution is 2.32. The van der Waals surface area contributed by atoms with Crippen LogP contribution in [0.5, 0.6) is 5.75 Å². The van der Waals surface area contributed by atoms with Crippen LogP contribution in [-0.4, -0.2) is 22.7 Å². The molecule has 4 rings (SSSR count). The molecular formula is C25H21N3O3. The first-order chi connectivity index (χ1) is 15.2.